The summed E-state index contributed by atoms with van der Waals surface area (Å²) in [6, 6.07) is 22.7. The van der Waals surface area contributed by atoms with Crippen LogP contribution in [0.5, 0.6) is 0 Å². The normalized spacial score (nSPS) is 16.0. The van der Waals surface area contributed by atoms with Crippen LogP contribution in [0.1, 0.15) is 46.7 Å². The fraction of sp³-hybridized carbons (Fsp3) is 0.207. The fourth-order valence-corrected chi connectivity index (χ4v) is 4.73. The van der Waals surface area contributed by atoms with Gasteiger partial charge in [0.2, 0.25) is 5.82 Å². The van der Waals surface area contributed by atoms with E-state index in [1.54, 1.807) is 0 Å². The molecule has 35 heavy (non-hydrogen) atoms. The molecule has 0 fully saturated rings. The van der Waals surface area contributed by atoms with E-state index in [1.807, 2.05) is 29.2 Å². The molecule has 3 aromatic carbocycles. The maximum atomic E-state index is 5.87. The van der Waals surface area contributed by atoms with Gasteiger partial charge in [-0.15, -0.1) is 0 Å². The minimum Gasteiger partial charge on any atom is -0.351 e. The summed E-state index contributed by atoms with van der Waals surface area (Å²) in [5.74, 6) is 1.04. The molecule has 0 amide bonds. The molecule has 1 aromatic heterocycles. The summed E-state index contributed by atoms with van der Waals surface area (Å²) >= 11 is 5.87. The summed E-state index contributed by atoms with van der Waals surface area (Å²) in [5.41, 5.74) is 9.72. The van der Waals surface area contributed by atoms with Gasteiger partial charge in [0.15, 0.2) is 5.11 Å². The first-order valence-electron chi connectivity index (χ1n) is 11.7. The number of nitrogens with zero attached hydrogens (tertiary/aromatic N) is 3. The smallest absolute Gasteiger partial charge is 0.258 e. The molecule has 1 N–H and O–H groups in total. The molecular weight excluding hydrogens is 452 g/mol. The van der Waals surface area contributed by atoms with Gasteiger partial charge in [0.05, 0.1) is 11.6 Å². The maximum absolute atomic E-state index is 5.87. The average molecular weight is 481 g/mol. The van der Waals surface area contributed by atoms with Gasteiger partial charge in [-0.05, 0) is 75.7 Å². The molecule has 1 atom stereocenters. The predicted molar refractivity (Wildman–Crippen MR) is 145 cm³/mol. The maximum Gasteiger partial charge on any atom is 0.258 e. The van der Waals surface area contributed by atoms with Gasteiger partial charge in [0.1, 0.15) is 0 Å². The third-order valence-corrected chi connectivity index (χ3v) is 6.91. The summed E-state index contributed by atoms with van der Waals surface area (Å²) in [5, 5.41) is 8.50. The number of hydrogen-bond acceptors (Lipinski definition) is 4. The van der Waals surface area contributed by atoms with Crippen LogP contribution in [0.4, 0.5) is 5.69 Å². The van der Waals surface area contributed by atoms with Gasteiger partial charge in [-0.2, -0.15) is 4.98 Å². The summed E-state index contributed by atoms with van der Waals surface area (Å²) in [4.78, 5) is 6.86. The van der Waals surface area contributed by atoms with Gasteiger partial charge < -0.3 is 9.84 Å². The second-order valence-corrected chi connectivity index (χ2v) is 9.57. The van der Waals surface area contributed by atoms with Crippen LogP contribution < -0.4 is 10.2 Å². The number of nitrogens with one attached hydrogen (secondary N) is 1. The molecular formula is C29H28N4OS. The second kappa shape index (κ2) is 9.12. The molecule has 0 bridgehead atoms. The third-order valence-electron chi connectivity index (χ3n) is 6.61. The Morgan fingerprint density at radius 1 is 0.829 bits per heavy atom. The van der Waals surface area contributed by atoms with Gasteiger partial charge in [0, 0.05) is 16.9 Å². The molecule has 1 aliphatic rings. The van der Waals surface area contributed by atoms with E-state index in [4.69, 9.17) is 21.7 Å². The SMILES string of the molecule is CC1=C(c2nc(-c3ccc(C)cc3)no2)C(c2ccc(C)c(C)c2)NC(=S)N1c1ccc(C)cc1. The fourth-order valence-electron chi connectivity index (χ4n) is 4.37. The topological polar surface area (TPSA) is 54.2 Å². The summed E-state index contributed by atoms with van der Waals surface area (Å²) in [6.07, 6.45) is 0. The Hall–Kier alpha value is -3.77. The number of aryl methyl sites for hydroxylation is 4. The van der Waals surface area contributed by atoms with Crippen molar-refractivity contribution in [2.24, 2.45) is 0 Å². The highest BCUT2D eigenvalue weighted by Gasteiger charge is 2.35. The summed E-state index contributed by atoms with van der Waals surface area (Å²) < 4.78 is 5.87. The lowest BCUT2D eigenvalue weighted by Gasteiger charge is -2.37. The largest absolute Gasteiger partial charge is 0.351 e. The van der Waals surface area contributed by atoms with Gasteiger partial charge >= 0.3 is 0 Å². The molecule has 4 aromatic rings. The van der Waals surface area contributed by atoms with E-state index in [0.29, 0.717) is 16.8 Å². The lowest BCUT2D eigenvalue weighted by molar-refractivity contribution is 0.404. The van der Waals surface area contributed by atoms with Crippen LogP contribution in [0.3, 0.4) is 0 Å². The zero-order chi connectivity index (χ0) is 24.7. The molecule has 0 spiro atoms. The Morgan fingerprint density at radius 3 is 2.14 bits per heavy atom. The molecule has 0 saturated heterocycles. The summed E-state index contributed by atoms with van der Waals surface area (Å²) in [7, 11) is 0. The van der Waals surface area contributed by atoms with Crippen LogP contribution in [0, 0.1) is 27.7 Å². The van der Waals surface area contributed by atoms with E-state index in [2.05, 4.69) is 87.6 Å². The minimum absolute atomic E-state index is 0.213. The molecule has 1 unspecified atom stereocenters. The molecule has 176 valence electrons. The van der Waals surface area contributed by atoms with E-state index in [9.17, 15) is 0 Å². The molecule has 2 heterocycles. The number of allylic oxidation sites excluding steroid dienone is 1. The third kappa shape index (κ3) is 4.37. The van der Waals surface area contributed by atoms with Gasteiger partial charge in [0.25, 0.3) is 5.89 Å². The minimum atomic E-state index is -0.213. The van der Waals surface area contributed by atoms with Crippen molar-refractivity contribution >= 4 is 28.6 Å². The summed E-state index contributed by atoms with van der Waals surface area (Å²) in [6.45, 7) is 10.4. The van der Waals surface area contributed by atoms with Crippen molar-refractivity contribution in [3.63, 3.8) is 0 Å². The Labute approximate surface area is 211 Å². The van der Waals surface area contributed by atoms with Crippen molar-refractivity contribution in [3.05, 3.63) is 106 Å². The van der Waals surface area contributed by atoms with Crippen LogP contribution in [-0.4, -0.2) is 15.3 Å². The molecule has 0 aliphatic carbocycles. The highest BCUT2D eigenvalue weighted by atomic mass is 32.1. The van der Waals surface area contributed by atoms with Gasteiger partial charge in [-0.3, -0.25) is 4.90 Å². The van der Waals surface area contributed by atoms with Gasteiger partial charge in [-0.1, -0.05) is 70.9 Å². The van der Waals surface area contributed by atoms with E-state index < -0.39 is 0 Å². The molecule has 5 rings (SSSR count). The highest BCUT2D eigenvalue weighted by Crippen LogP contribution is 2.39. The Morgan fingerprint density at radius 2 is 1.49 bits per heavy atom. The number of benzene rings is 3. The molecule has 1 aliphatic heterocycles. The van der Waals surface area contributed by atoms with E-state index in [-0.39, 0.29) is 6.04 Å². The van der Waals surface area contributed by atoms with Crippen molar-refractivity contribution in [1.29, 1.82) is 0 Å². The first kappa shape index (κ1) is 23.0. The van der Waals surface area contributed by atoms with Crippen LogP contribution in [0.25, 0.3) is 17.0 Å². The average Bonchev–Trinajstić information content (AvgIpc) is 3.32. The van der Waals surface area contributed by atoms with E-state index >= 15 is 0 Å². The number of aromatic nitrogens is 2. The monoisotopic (exact) mass is 480 g/mol. The Bertz CT molecular complexity index is 1430. The predicted octanol–water partition coefficient (Wildman–Crippen LogP) is 6.84. The number of thiocarbonyl (C=S) groups is 1. The van der Waals surface area contributed by atoms with Crippen molar-refractivity contribution in [2.75, 3.05) is 4.90 Å². The molecule has 5 nitrogen and oxygen atoms in total. The van der Waals surface area contributed by atoms with Crippen LogP contribution in [0.15, 0.2) is 77.0 Å². The van der Waals surface area contributed by atoms with E-state index in [0.717, 1.165) is 28.1 Å². The second-order valence-electron chi connectivity index (χ2n) is 9.19. The van der Waals surface area contributed by atoms with Crippen LogP contribution >= 0.6 is 12.2 Å². The first-order valence-corrected chi connectivity index (χ1v) is 12.1. The number of rotatable bonds is 4. The zero-order valence-electron chi connectivity index (χ0n) is 20.6. The number of hydrogen-bond donors (Lipinski definition) is 1. The highest BCUT2D eigenvalue weighted by molar-refractivity contribution is 7.80. The van der Waals surface area contributed by atoms with Crippen molar-refractivity contribution in [3.8, 4) is 11.4 Å². The lowest BCUT2D eigenvalue weighted by Crippen LogP contribution is -2.46. The standard InChI is InChI=1S/C29H28N4OS/c1-17-6-11-22(12-7-17)27-31-28(34-32-27)25-21(5)33(24-14-8-18(2)9-15-24)29(35)30-26(25)23-13-10-19(3)20(4)16-23/h6-16,26H,1-5H3,(H,30,35). The quantitative estimate of drug-likeness (QED) is 0.323. The Balaban J connectivity index is 1.66. The van der Waals surface area contributed by atoms with E-state index in [1.165, 1.54) is 22.3 Å². The van der Waals surface area contributed by atoms with Crippen molar-refractivity contribution in [1.82, 2.24) is 15.5 Å². The van der Waals surface area contributed by atoms with Crippen molar-refractivity contribution in [2.45, 2.75) is 40.7 Å². The zero-order valence-corrected chi connectivity index (χ0v) is 21.4. The number of anilines is 1. The Kier molecular flexibility index (Phi) is 5.99. The van der Waals surface area contributed by atoms with Crippen LogP contribution in [-0.2, 0) is 0 Å². The van der Waals surface area contributed by atoms with Gasteiger partial charge in [-0.25, -0.2) is 0 Å². The lowest BCUT2D eigenvalue weighted by atomic mass is 9.92. The first-order chi connectivity index (χ1) is 16.8. The molecule has 0 radical (unpaired) electrons. The van der Waals surface area contributed by atoms with Crippen LogP contribution in [0.2, 0.25) is 0 Å². The molecule has 6 heteroatoms. The van der Waals surface area contributed by atoms with Crippen molar-refractivity contribution < 1.29 is 4.52 Å². The molecule has 0 saturated carbocycles.